The Morgan fingerprint density at radius 1 is 1.12 bits per heavy atom. The molecule has 1 aliphatic heterocycles. The van der Waals surface area contributed by atoms with E-state index in [1.807, 2.05) is 0 Å². The molecule has 2 aromatic heterocycles. The first kappa shape index (κ1) is 25.3. The van der Waals surface area contributed by atoms with Crippen molar-refractivity contribution in [2.24, 2.45) is 10.7 Å². The topological polar surface area (TPSA) is 129 Å². The number of hydrogen-bond donors (Lipinski definition) is 2. The molecule has 0 saturated carbocycles. The number of Topliss-reactive ketones (excluding diaryl/α,β-unsaturated/α-hetero) is 1. The van der Waals surface area contributed by atoms with Crippen molar-refractivity contribution in [2.45, 2.75) is 43.8 Å². The Balaban J connectivity index is 1.91. The van der Waals surface area contributed by atoms with Crippen LogP contribution in [0.1, 0.15) is 41.4 Å². The smallest absolute Gasteiger partial charge is 0.385 e. The quantitative estimate of drug-likeness (QED) is 0.494. The minimum Gasteiger partial charge on any atom is -0.385 e. The molecular weight excluding hydrogens is 477 g/mol. The van der Waals surface area contributed by atoms with Crippen LogP contribution >= 0.6 is 0 Å². The van der Waals surface area contributed by atoms with Gasteiger partial charge in [0.25, 0.3) is 0 Å². The lowest BCUT2D eigenvalue weighted by Gasteiger charge is -2.40. The predicted octanol–water partition coefficient (Wildman–Crippen LogP) is 2.96. The second-order valence-corrected chi connectivity index (χ2v) is 7.81. The van der Waals surface area contributed by atoms with Gasteiger partial charge in [-0.1, -0.05) is 0 Å². The Morgan fingerprint density at radius 3 is 2.29 bits per heavy atom. The van der Waals surface area contributed by atoms with Crippen LogP contribution < -0.4 is 11.5 Å². The fourth-order valence-electron chi connectivity index (χ4n) is 3.07. The standard InChI is InChI=1S/C19H17F7N6O2/c1-16(7-34-17(2,15(28)32-16)19(24,25)26)13-9(20)4-3-8(30-13)5-10(33)12-14(27)31-11(6-29-12)18(21,22)23/h3-4,6H,5,7H2,1-2H3,(H2,27,31)(H2,28,32)/t16-,17+/m0/s1. The van der Waals surface area contributed by atoms with Crippen LogP contribution in [-0.4, -0.2) is 45.0 Å². The molecule has 0 aromatic carbocycles. The maximum atomic E-state index is 14.5. The maximum absolute atomic E-state index is 14.5. The number of anilines is 1. The van der Waals surface area contributed by atoms with Gasteiger partial charge in [-0.25, -0.2) is 14.4 Å². The van der Waals surface area contributed by atoms with Gasteiger partial charge in [0.1, 0.15) is 28.6 Å². The number of nitrogens with two attached hydrogens (primary N) is 2. The lowest BCUT2D eigenvalue weighted by Crippen LogP contribution is -2.60. The maximum Gasteiger partial charge on any atom is 0.434 e. The second-order valence-electron chi connectivity index (χ2n) is 7.81. The van der Waals surface area contributed by atoms with Crippen molar-refractivity contribution >= 4 is 17.4 Å². The van der Waals surface area contributed by atoms with E-state index in [4.69, 9.17) is 16.2 Å². The zero-order valence-corrected chi connectivity index (χ0v) is 17.6. The van der Waals surface area contributed by atoms with Gasteiger partial charge in [0.05, 0.1) is 19.2 Å². The summed E-state index contributed by atoms with van der Waals surface area (Å²) in [4.78, 5) is 26.8. The number of rotatable bonds is 4. The van der Waals surface area contributed by atoms with E-state index in [0.29, 0.717) is 13.1 Å². The van der Waals surface area contributed by atoms with Gasteiger partial charge < -0.3 is 16.2 Å². The lowest BCUT2D eigenvalue weighted by molar-refractivity contribution is -0.249. The molecule has 15 heteroatoms. The number of amidine groups is 1. The highest BCUT2D eigenvalue weighted by molar-refractivity contribution is 5.99. The van der Waals surface area contributed by atoms with Crippen LogP contribution in [0.4, 0.5) is 36.6 Å². The van der Waals surface area contributed by atoms with Crippen molar-refractivity contribution in [2.75, 3.05) is 12.3 Å². The second kappa shape index (κ2) is 8.14. The Morgan fingerprint density at radius 2 is 1.76 bits per heavy atom. The number of aromatic nitrogens is 3. The van der Waals surface area contributed by atoms with Gasteiger partial charge in [0.15, 0.2) is 17.3 Å². The zero-order valence-electron chi connectivity index (χ0n) is 17.6. The van der Waals surface area contributed by atoms with Crippen molar-refractivity contribution in [3.05, 3.63) is 46.9 Å². The number of nitrogens with zero attached hydrogens (tertiary/aromatic N) is 4. The Hall–Kier alpha value is -3.36. The number of aliphatic imine (C=N–C) groups is 1. The van der Waals surface area contributed by atoms with Crippen molar-refractivity contribution < 1.29 is 40.3 Å². The van der Waals surface area contributed by atoms with Crippen LogP contribution in [-0.2, 0) is 22.9 Å². The Labute approximate surface area is 187 Å². The van der Waals surface area contributed by atoms with E-state index in [0.717, 1.165) is 12.1 Å². The zero-order chi connectivity index (χ0) is 25.7. The number of halogens is 7. The molecule has 2 atom stereocenters. The van der Waals surface area contributed by atoms with Gasteiger partial charge in [-0.2, -0.15) is 26.3 Å². The van der Waals surface area contributed by atoms with Crippen LogP contribution in [0.3, 0.4) is 0 Å². The molecule has 2 aromatic rings. The molecule has 3 heterocycles. The van der Waals surface area contributed by atoms with Gasteiger partial charge in [0.2, 0.25) is 5.60 Å². The van der Waals surface area contributed by atoms with E-state index in [-0.39, 0.29) is 5.69 Å². The number of nitrogen functional groups attached to an aromatic ring is 1. The van der Waals surface area contributed by atoms with Gasteiger partial charge >= 0.3 is 12.4 Å². The number of ether oxygens (including phenoxy) is 1. The molecule has 0 radical (unpaired) electrons. The van der Waals surface area contributed by atoms with Gasteiger partial charge in [-0.05, 0) is 26.0 Å². The van der Waals surface area contributed by atoms with Crippen LogP contribution in [0, 0.1) is 5.82 Å². The van der Waals surface area contributed by atoms with Crippen molar-refractivity contribution in [3.63, 3.8) is 0 Å². The summed E-state index contributed by atoms with van der Waals surface area (Å²) < 4.78 is 97.5. The molecule has 0 aliphatic carbocycles. The molecule has 184 valence electrons. The number of pyridine rings is 1. The normalized spacial score (nSPS) is 23.5. The van der Waals surface area contributed by atoms with Crippen molar-refractivity contribution in [1.29, 1.82) is 0 Å². The average Bonchev–Trinajstić information content (AvgIpc) is 2.70. The molecule has 0 amide bonds. The van der Waals surface area contributed by atoms with E-state index in [9.17, 15) is 35.5 Å². The summed E-state index contributed by atoms with van der Waals surface area (Å²) in [5.41, 5.74) is 3.81. The third kappa shape index (κ3) is 4.51. The van der Waals surface area contributed by atoms with E-state index in [2.05, 4.69) is 19.9 Å². The van der Waals surface area contributed by atoms with E-state index < -0.39 is 76.9 Å². The predicted molar refractivity (Wildman–Crippen MR) is 103 cm³/mol. The summed E-state index contributed by atoms with van der Waals surface area (Å²) >= 11 is 0. The molecule has 0 spiro atoms. The number of hydrogen-bond acceptors (Lipinski definition) is 8. The number of ketones is 1. The molecule has 3 rings (SSSR count). The molecule has 4 N–H and O–H groups in total. The molecule has 34 heavy (non-hydrogen) atoms. The molecule has 1 aliphatic rings. The Bertz CT molecular complexity index is 1170. The summed E-state index contributed by atoms with van der Waals surface area (Å²) in [7, 11) is 0. The summed E-state index contributed by atoms with van der Waals surface area (Å²) in [5.74, 6) is -3.53. The van der Waals surface area contributed by atoms with Crippen LogP contribution in [0.15, 0.2) is 23.3 Å². The number of alkyl halides is 6. The number of carbonyl (C=O) groups excluding carboxylic acids is 1. The lowest BCUT2D eigenvalue weighted by atomic mass is 9.93. The largest absolute Gasteiger partial charge is 0.434 e. The van der Waals surface area contributed by atoms with Crippen molar-refractivity contribution in [3.8, 4) is 0 Å². The SMILES string of the molecule is C[C@@]1(c2nc(CC(=O)c3ncc(C(F)(F)F)nc3N)ccc2F)CO[C@@](C)(C(F)(F)F)C(N)=N1. The highest BCUT2D eigenvalue weighted by Crippen LogP contribution is 2.40. The summed E-state index contributed by atoms with van der Waals surface area (Å²) in [6.07, 6.45) is -9.94. The molecule has 0 unspecified atom stereocenters. The van der Waals surface area contributed by atoms with Crippen LogP contribution in [0.25, 0.3) is 0 Å². The summed E-state index contributed by atoms with van der Waals surface area (Å²) in [6, 6.07) is 2.01. The average molecular weight is 494 g/mol. The molecular formula is C19H17F7N6O2. The van der Waals surface area contributed by atoms with E-state index >= 15 is 0 Å². The number of carbonyl (C=O) groups is 1. The van der Waals surface area contributed by atoms with Gasteiger partial charge in [0, 0.05) is 5.69 Å². The van der Waals surface area contributed by atoms with E-state index in [1.165, 1.54) is 6.92 Å². The highest BCUT2D eigenvalue weighted by Gasteiger charge is 2.59. The molecule has 0 bridgehead atoms. The summed E-state index contributed by atoms with van der Waals surface area (Å²) in [5, 5.41) is 0. The van der Waals surface area contributed by atoms with Gasteiger partial charge in [-0.3, -0.25) is 14.8 Å². The molecule has 0 fully saturated rings. The van der Waals surface area contributed by atoms with Crippen molar-refractivity contribution in [1.82, 2.24) is 15.0 Å². The first-order valence-electron chi connectivity index (χ1n) is 9.43. The fourth-order valence-corrected chi connectivity index (χ4v) is 3.07. The van der Waals surface area contributed by atoms with Gasteiger partial charge in [-0.15, -0.1) is 0 Å². The molecule has 0 saturated heterocycles. The first-order valence-corrected chi connectivity index (χ1v) is 9.43. The van der Waals surface area contributed by atoms with Crippen LogP contribution in [0.5, 0.6) is 0 Å². The van der Waals surface area contributed by atoms with E-state index in [1.54, 1.807) is 0 Å². The first-order chi connectivity index (χ1) is 15.5. The molecule has 8 nitrogen and oxygen atoms in total. The Kier molecular flexibility index (Phi) is 6.05. The fraction of sp³-hybridized carbons (Fsp3) is 0.421. The highest BCUT2D eigenvalue weighted by atomic mass is 19.4. The minimum atomic E-state index is -4.88. The summed E-state index contributed by atoms with van der Waals surface area (Å²) in [6.45, 7) is 1.19. The third-order valence-corrected chi connectivity index (χ3v) is 5.15. The third-order valence-electron chi connectivity index (χ3n) is 5.15. The minimum absolute atomic E-state index is 0.0818. The van der Waals surface area contributed by atoms with Crippen LogP contribution in [0.2, 0.25) is 0 Å². The monoisotopic (exact) mass is 494 g/mol.